The number of hydrogen-bond acceptors (Lipinski definition) is 6. The Labute approximate surface area is 143 Å². The number of nitrogens with one attached hydrogen (secondary N) is 1. The standard InChI is InChI=1S/C17H15N5OS/c23-15(22-9-6-12-4-1-2-5-14(12)22)10-13-11-24-17(20-13)21-16-18-7-3-8-19-16/h1-5,7-8,11H,6,9-10H2,(H,18,19,20,21). The van der Waals surface area contributed by atoms with Crippen molar-refractivity contribution >= 4 is 34.0 Å². The second kappa shape index (κ2) is 6.37. The van der Waals surface area contributed by atoms with Gasteiger partial charge in [0.1, 0.15) is 0 Å². The molecular formula is C17H15N5OS. The van der Waals surface area contributed by atoms with Crippen LogP contribution in [0.4, 0.5) is 16.8 Å². The Morgan fingerprint density at radius 2 is 2.04 bits per heavy atom. The largest absolute Gasteiger partial charge is 0.311 e. The Morgan fingerprint density at radius 1 is 1.21 bits per heavy atom. The minimum Gasteiger partial charge on any atom is -0.311 e. The lowest BCUT2D eigenvalue weighted by molar-refractivity contribution is -0.117. The molecule has 0 saturated carbocycles. The summed E-state index contributed by atoms with van der Waals surface area (Å²) in [5.41, 5.74) is 3.01. The molecule has 3 heterocycles. The normalized spacial score (nSPS) is 12.9. The van der Waals surface area contributed by atoms with E-state index < -0.39 is 0 Å². The highest BCUT2D eigenvalue weighted by Crippen LogP contribution is 2.28. The summed E-state index contributed by atoms with van der Waals surface area (Å²) in [6.07, 6.45) is 4.54. The first-order valence-corrected chi connectivity index (χ1v) is 8.54. The summed E-state index contributed by atoms with van der Waals surface area (Å²) in [6, 6.07) is 9.81. The van der Waals surface area contributed by atoms with Crippen LogP contribution in [-0.4, -0.2) is 27.4 Å². The van der Waals surface area contributed by atoms with Crippen molar-refractivity contribution in [2.75, 3.05) is 16.8 Å². The van der Waals surface area contributed by atoms with E-state index in [-0.39, 0.29) is 5.91 Å². The summed E-state index contributed by atoms with van der Waals surface area (Å²) in [7, 11) is 0. The van der Waals surface area contributed by atoms with Crippen molar-refractivity contribution in [1.82, 2.24) is 15.0 Å². The van der Waals surface area contributed by atoms with Crippen molar-refractivity contribution in [3.05, 3.63) is 59.4 Å². The average molecular weight is 337 g/mol. The molecule has 1 amide bonds. The Hall–Kier alpha value is -2.80. The maximum Gasteiger partial charge on any atom is 0.233 e. The second-order valence-electron chi connectivity index (χ2n) is 5.44. The molecule has 120 valence electrons. The van der Waals surface area contributed by atoms with Gasteiger partial charge >= 0.3 is 0 Å². The molecule has 0 fully saturated rings. The van der Waals surface area contributed by atoms with Gasteiger partial charge in [-0.25, -0.2) is 15.0 Å². The van der Waals surface area contributed by atoms with E-state index in [0.717, 1.165) is 24.3 Å². The minimum atomic E-state index is 0.0766. The van der Waals surface area contributed by atoms with Crippen molar-refractivity contribution < 1.29 is 4.79 Å². The predicted octanol–water partition coefficient (Wildman–Crippen LogP) is 2.81. The molecule has 0 saturated heterocycles. The molecule has 0 atom stereocenters. The van der Waals surface area contributed by atoms with Crippen LogP contribution in [0.3, 0.4) is 0 Å². The highest BCUT2D eigenvalue weighted by molar-refractivity contribution is 7.13. The van der Waals surface area contributed by atoms with Gasteiger partial charge in [-0.3, -0.25) is 4.79 Å². The van der Waals surface area contributed by atoms with E-state index in [2.05, 4.69) is 26.3 Å². The van der Waals surface area contributed by atoms with E-state index in [1.54, 1.807) is 18.5 Å². The van der Waals surface area contributed by atoms with Crippen LogP contribution >= 0.6 is 11.3 Å². The molecule has 24 heavy (non-hydrogen) atoms. The van der Waals surface area contributed by atoms with Gasteiger partial charge in [-0.15, -0.1) is 11.3 Å². The van der Waals surface area contributed by atoms with E-state index >= 15 is 0 Å². The Balaban J connectivity index is 1.44. The number of anilines is 3. The lowest BCUT2D eigenvalue weighted by Crippen LogP contribution is -2.30. The quantitative estimate of drug-likeness (QED) is 0.793. The third-order valence-electron chi connectivity index (χ3n) is 3.86. The lowest BCUT2D eigenvalue weighted by atomic mass is 10.2. The third kappa shape index (κ3) is 2.98. The molecule has 3 aromatic rings. The predicted molar refractivity (Wildman–Crippen MR) is 93.6 cm³/mol. The van der Waals surface area contributed by atoms with Gasteiger partial charge in [0.15, 0.2) is 5.13 Å². The van der Waals surface area contributed by atoms with Crippen LogP contribution in [0.15, 0.2) is 48.1 Å². The number of carbonyl (C=O) groups excluding carboxylic acids is 1. The molecule has 4 rings (SSSR count). The zero-order valence-electron chi connectivity index (χ0n) is 12.8. The first-order valence-electron chi connectivity index (χ1n) is 7.66. The number of nitrogens with zero attached hydrogens (tertiary/aromatic N) is 4. The molecule has 1 aromatic carbocycles. The SMILES string of the molecule is O=C(Cc1csc(Nc2ncccn2)n1)N1CCc2ccccc21. The maximum absolute atomic E-state index is 12.6. The average Bonchev–Trinajstić information content (AvgIpc) is 3.22. The number of amides is 1. The van der Waals surface area contributed by atoms with E-state index in [9.17, 15) is 4.79 Å². The van der Waals surface area contributed by atoms with Crippen LogP contribution in [-0.2, 0) is 17.6 Å². The van der Waals surface area contributed by atoms with Gasteiger partial charge in [0, 0.05) is 30.0 Å². The summed E-state index contributed by atoms with van der Waals surface area (Å²) < 4.78 is 0. The number of rotatable bonds is 4. The van der Waals surface area contributed by atoms with Crippen molar-refractivity contribution in [3.8, 4) is 0 Å². The number of para-hydroxylation sites is 1. The first-order chi connectivity index (χ1) is 11.8. The van der Waals surface area contributed by atoms with Gasteiger partial charge in [0.25, 0.3) is 0 Å². The van der Waals surface area contributed by atoms with Crippen LogP contribution in [0.2, 0.25) is 0 Å². The molecule has 0 aliphatic carbocycles. The minimum absolute atomic E-state index is 0.0766. The highest BCUT2D eigenvalue weighted by atomic mass is 32.1. The van der Waals surface area contributed by atoms with Gasteiger partial charge in [0.2, 0.25) is 11.9 Å². The maximum atomic E-state index is 12.6. The number of fused-ring (bicyclic) bond motifs is 1. The number of carbonyl (C=O) groups is 1. The van der Waals surface area contributed by atoms with Crippen LogP contribution in [0.5, 0.6) is 0 Å². The van der Waals surface area contributed by atoms with Crippen molar-refractivity contribution in [3.63, 3.8) is 0 Å². The van der Waals surface area contributed by atoms with Crippen molar-refractivity contribution in [2.45, 2.75) is 12.8 Å². The van der Waals surface area contributed by atoms with Crippen molar-refractivity contribution in [1.29, 1.82) is 0 Å². The second-order valence-corrected chi connectivity index (χ2v) is 6.30. The fourth-order valence-corrected chi connectivity index (χ4v) is 3.46. The lowest BCUT2D eigenvalue weighted by Gasteiger charge is -2.16. The number of thiazole rings is 1. The Bertz CT molecular complexity index is 864. The summed E-state index contributed by atoms with van der Waals surface area (Å²) in [6.45, 7) is 0.741. The van der Waals surface area contributed by atoms with E-state index in [1.807, 2.05) is 28.5 Å². The van der Waals surface area contributed by atoms with Crippen LogP contribution in [0.25, 0.3) is 0 Å². The Kier molecular flexibility index (Phi) is 3.92. The molecule has 0 spiro atoms. The molecule has 1 aliphatic heterocycles. The molecule has 1 N–H and O–H groups in total. The molecule has 6 nitrogen and oxygen atoms in total. The first kappa shape index (κ1) is 14.8. The Morgan fingerprint density at radius 3 is 2.92 bits per heavy atom. The number of hydrogen-bond donors (Lipinski definition) is 1. The van der Waals surface area contributed by atoms with Gasteiger partial charge in [0.05, 0.1) is 12.1 Å². The molecule has 7 heteroatoms. The van der Waals surface area contributed by atoms with Crippen LogP contribution in [0.1, 0.15) is 11.3 Å². The zero-order chi connectivity index (χ0) is 16.4. The fourth-order valence-electron chi connectivity index (χ4n) is 2.75. The topological polar surface area (TPSA) is 71.0 Å². The van der Waals surface area contributed by atoms with Gasteiger partial charge < -0.3 is 10.2 Å². The number of aromatic nitrogens is 3. The van der Waals surface area contributed by atoms with Gasteiger partial charge in [-0.2, -0.15) is 0 Å². The summed E-state index contributed by atoms with van der Waals surface area (Å²) >= 11 is 1.44. The monoisotopic (exact) mass is 337 g/mol. The molecule has 0 radical (unpaired) electrons. The smallest absolute Gasteiger partial charge is 0.233 e. The number of benzene rings is 1. The fraction of sp³-hybridized carbons (Fsp3) is 0.176. The van der Waals surface area contributed by atoms with Crippen LogP contribution < -0.4 is 10.2 Å². The summed E-state index contributed by atoms with van der Waals surface area (Å²) in [4.78, 5) is 27.1. The van der Waals surface area contributed by atoms with Crippen LogP contribution in [0, 0.1) is 0 Å². The molecular weight excluding hydrogens is 322 g/mol. The van der Waals surface area contributed by atoms with Crippen molar-refractivity contribution in [2.24, 2.45) is 0 Å². The molecule has 0 unspecified atom stereocenters. The van der Waals surface area contributed by atoms with Gasteiger partial charge in [-0.05, 0) is 24.1 Å². The third-order valence-corrected chi connectivity index (χ3v) is 4.66. The molecule has 1 aliphatic rings. The summed E-state index contributed by atoms with van der Waals surface area (Å²) in [5, 5.41) is 5.62. The summed E-state index contributed by atoms with van der Waals surface area (Å²) in [5.74, 6) is 0.575. The van der Waals surface area contributed by atoms with E-state index in [1.165, 1.54) is 16.9 Å². The zero-order valence-corrected chi connectivity index (χ0v) is 13.7. The molecule has 2 aromatic heterocycles. The molecule has 0 bridgehead atoms. The van der Waals surface area contributed by atoms with Gasteiger partial charge in [-0.1, -0.05) is 18.2 Å². The van der Waals surface area contributed by atoms with E-state index in [0.29, 0.717) is 17.5 Å². The highest BCUT2D eigenvalue weighted by Gasteiger charge is 2.24. The van der Waals surface area contributed by atoms with E-state index in [4.69, 9.17) is 0 Å².